The molecule has 108 valence electrons. The SMILES string of the molecule is CC=CC1(N2C(=O)CCC2=O)N=C(N)N=C(N)N1CC. The molecule has 0 aromatic rings. The zero-order chi connectivity index (χ0) is 14.9. The van der Waals surface area contributed by atoms with E-state index in [4.69, 9.17) is 11.5 Å². The second-order valence-corrected chi connectivity index (χ2v) is 4.49. The highest BCUT2D eigenvalue weighted by Crippen LogP contribution is 2.32. The van der Waals surface area contributed by atoms with E-state index in [1.54, 1.807) is 24.0 Å². The molecule has 0 aromatic heterocycles. The van der Waals surface area contributed by atoms with Gasteiger partial charge in [-0.25, -0.2) is 4.90 Å². The molecule has 2 aliphatic rings. The molecule has 2 heterocycles. The molecule has 0 spiro atoms. The van der Waals surface area contributed by atoms with E-state index in [0.29, 0.717) is 6.54 Å². The second-order valence-electron chi connectivity index (χ2n) is 4.49. The van der Waals surface area contributed by atoms with Crippen LogP contribution in [0, 0.1) is 0 Å². The van der Waals surface area contributed by atoms with Crippen molar-refractivity contribution in [3.05, 3.63) is 12.2 Å². The van der Waals surface area contributed by atoms with Crippen molar-refractivity contribution in [2.75, 3.05) is 6.54 Å². The maximum atomic E-state index is 12.1. The van der Waals surface area contributed by atoms with Crippen LogP contribution in [0.25, 0.3) is 0 Å². The van der Waals surface area contributed by atoms with Gasteiger partial charge in [0.2, 0.25) is 29.5 Å². The molecule has 0 radical (unpaired) electrons. The fourth-order valence-electron chi connectivity index (χ4n) is 2.53. The lowest BCUT2D eigenvalue weighted by molar-refractivity contribution is -0.148. The molecule has 8 heteroatoms. The molecule has 4 N–H and O–H groups in total. The van der Waals surface area contributed by atoms with Crippen LogP contribution in [-0.4, -0.2) is 45.9 Å². The van der Waals surface area contributed by atoms with Crippen LogP contribution in [0.4, 0.5) is 0 Å². The first-order chi connectivity index (χ1) is 9.46. The summed E-state index contributed by atoms with van der Waals surface area (Å²) in [5, 5.41) is 0. The van der Waals surface area contributed by atoms with Gasteiger partial charge in [0.15, 0.2) is 0 Å². The third-order valence-electron chi connectivity index (χ3n) is 3.27. The predicted octanol–water partition coefficient (Wildman–Crippen LogP) is -0.670. The molecule has 20 heavy (non-hydrogen) atoms. The standard InChI is InChI=1S/C12H18N6O2/c1-3-7-12(18-8(19)5-6-9(18)20)16-10(13)15-11(14)17(12)4-2/h3,7H,4-6H2,1-2H3,(H4,13,14,15,16). The number of likely N-dealkylation sites (N-methyl/N-ethyl adjacent to an activating group) is 1. The zero-order valence-corrected chi connectivity index (χ0v) is 11.5. The summed E-state index contributed by atoms with van der Waals surface area (Å²) in [7, 11) is 0. The molecule has 0 aliphatic carbocycles. The van der Waals surface area contributed by atoms with Crippen LogP contribution < -0.4 is 11.5 Å². The Morgan fingerprint density at radius 2 is 1.90 bits per heavy atom. The predicted molar refractivity (Wildman–Crippen MR) is 74.3 cm³/mol. The van der Waals surface area contributed by atoms with Gasteiger partial charge in [-0.15, -0.1) is 0 Å². The van der Waals surface area contributed by atoms with E-state index in [9.17, 15) is 9.59 Å². The molecule has 1 unspecified atom stereocenters. The summed E-state index contributed by atoms with van der Waals surface area (Å²) in [5.41, 5.74) is 11.6. The summed E-state index contributed by atoms with van der Waals surface area (Å²) >= 11 is 0. The van der Waals surface area contributed by atoms with Gasteiger partial charge in [-0.3, -0.25) is 14.5 Å². The van der Waals surface area contributed by atoms with E-state index >= 15 is 0 Å². The summed E-state index contributed by atoms with van der Waals surface area (Å²) in [6.07, 6.45) is 3.67. The fourth-order valence-corrected chi connectivity index (χ4v) is 2.53. The molecule has 2 rings (SSSR count). The van der Waals surface area contributed by atoms with Crippen LogP contribution in [0.1, 0.15) is 26.7 Å². The third-order valence-corrected chi connectivity index (χ3v) is 3.27. The molecule has 8 nitrogen and oxygen atoms in total. The lowest BCUT2D eigenvalue weighted by Gasteiger charge is -2.45. The first-order valence-electron chi connectivity index (χ1n) is 6.43. The number of rotatable bonds is 3. The molecular weight excluding hydrogens is 260 g/mol. The topological polar surface area (TPSA) is 117 Å². The highest BCUT2D eigenvalue weighted by atomic mass is 16.2. The summed E-state index contributed by atoms with van der Waals surface area (Å²) in [4.78, 5) is 35.0. The van der Waals surface area contributed by atoms with Crippen molar-refractivity contribution in [1.29, 1.82) is 0 Å². The van der Waals surface area contributed by atoms with Gasteiger partial charge < -0.3 is 11.5 Å². The number of carbonyl (C=O) groups is 2. The Morgan fingerprint density at radius 1 is 1.30 bits per heavy atom. The van der Waals surface area contributed by atoms with Gasteiger partial charge in [0.25, 0.3) is 0 Å². The highest BCUT2D eigenvalue weighted by molar-refractivity contribution is 6.05. The monoisotopic (exact) mass is 278 g/mol. The molecule has 2 amide bonds. The number of hydrogen-bond donors (Lipinski definition) is 2. The first kappa shape index (κ1) is 14.0. The van der Waals surface area contributed by atoms with E-state index in [2.05, 4.69) is 9.98 Å². The summed E-state index contributed by atoms with van der Waals surface area (Å²) in [6.45, 7) is 4.03. The fraction of sp³-hybridized carbons (Fsp3) is 0.500. The smallest absolute Gasteiger partial charge is 0.244 e. The maximum absolute atomic E-state index is 12.1. The summed E-state index contributed by atoms with van der Waals surface area (Å²) in [6, 6.07) is 0. The number of carbonyl (C=O) groups excluding carboxylic acids is 2. The van der Waals surface area contributed by atoms with Gasteiger partial charge in [-0.1, -0.05) is 6.08 Å². The first-order valence-corrected chi connectivity index (χ1v) is 6.43. The van der Waals surface area contributed by atoms with Crippen LogP contribution in [-0.2, 0) is 9.59 Å². The third kappa shape index (κ3) is 1.93. The van der Waals surface area contributed by atoms with Crippen molar-refractivity contribution in [1.82, 2.24) is 9.80 Å². The van der Waals surface area contributed by atoms with Gasteiger partial charge >= 0.3 is 0 Å². The van der Waals surface area contributed by atoms with Crippen molar-refractivity contribution in [3.8, 4) is 0 Å². The number of aliphatic imine (C=N–C) groups is 2. The normalized spacial score (nSPS) is 27.3. The van der Waals surface area contributed by atoms with E-state index in [0.717, 1.165) is 4.90 Å². The van der Waals surface area contributed by atoms with Crippen molar-refractivity contribution in [2.45, 2.75) is 32.5 Å². The van der Waals surface area contributed by atoms with Crippen LogP contribution in [0.3, 0.4) is 0 Å². The Balaban J connectivity index is 2.62. The van der Waals surface area contributed by atoms with Gasteiger partial charge in [0, 0.05) is 19.4 Å². The number of nitrogens with zero attached hydrogens (tertiary/aromatic N) is 4. The minimum Gasteiger partial charge on any atom is -0.369 e. The molecule has 1 atom stereocenters. The highest BCUT2D eigenvalue weighted by Gasteiger charge is 2.50. The van der Waals surface area contributed by atoms with Crippen molar-refractivity contribution < 1.29 is 9.59 Å². The second kappa shape index (κ2) is 4.95. The quantitative estimate of drug-likeness (QED) is 0.524. The van der Waals surface area contributed by atoms with Gasteiger partial charge in [0.05, 0.1) is 0 Å². The number of likely N-dealkylation sites (tertiary alicyclic amines) is 1. The van der Waals surface area contributed by atoms with Crippen LogP contribution in [0.15, 0.2) is 22.1 Å². The minimum atomic E-state index is -1.34. The molecule has 0 bridgehead atoms. The number of hydrogen-bond acceptors (Lipinski definition) is 7. The Labute approximate surface area is 116 Å². The van der Waals surface area contributed by atoms with Gasteiger partial charge in [-0.2, -0.15) is 9.98 Å². The molecule has 0 saturated carbocycles. The van der Waals surface area contributed by atoms with Crippen molar-refractivity contribution >= 4 is 23.7 Å². The number of guanidine groups is 2. The van der Waals surface area contributed by atoms with Gasteiger partial charge in [0.1, 0.15) is 0 Å². The van der Waals surface area contributed by atoms with E-state index in [1.165, 1.54) is 0 Å². The number of allylic oxidation sites excluding steroid dienone is 1. The van der Waals surface area contributed by atoms with Crippen molar-refractivity contribution in [3.63, 3.8) is 0 Å². The summed E-state index contributed by atoms with van der Waals surface area (Å²) < 4.78 is 0. The maximum Gasteiger partial charge on any atom is 0.244 e. The van der Waals surface area contributed by atoms with E-state index in [1.807, 2.05) is 6.92 Å². The average molecular weight is 278 g/mol. The molecule has 0 aromatic carbocycles. The Bertz CT molecular complexity index is 522. The summed E-state index contributed by atoms with van der Waals surface area (Å²) in [5.74, 6) is -1.86. The molecule has 2 aliphatic heterocycles. The van der Waals surface area contributed by atoms with E-state index < -0.39 is 5.79 Å². The molecular formula is C12H18N6O2. The number of imide groups is 1. The average Bonchev–Trinajstić information content (AvgIpc) is 2.69. The minimum absolute atomic E-state index is 0.0576. The lowest BCUT2D eigenvalue weighted by Crippen LogP contribution is -2.65. The van der Waals surface area contributed by atoms with Crippen LogP contribution >= 0.6 is 0 Å². The van der Waals surface area contributed by atoms with Crippen molar-refractivity contribution in [2.24, 2.45) is 21.5 Å². The zero-order valence-electron chi connectivity index (χ0n) is 11.5. The van der Waals surface area contributed by atoms with E-state index in [-0.39, 0.29) is 36.6 Å². The number of nitrogens with two attached hydrogens (primary N) is 2. The lowest BCUT2D eigenvalue weighted by atomic mass is 10.2. The van der Waals surface area contributed by atoms with Crippen LogP contribution in [0.5, 0.6) is 0 Å². The van der Waals surface area contributed by atoms with Crippen LogP contribution in [0.2, 0.25) is 0 Å². The Morgan fingerprint density at radius 3 is 2.40 bits per heavy atom. The van der Waals surface area contributed by atoms with Gasteiger partial charge in [-0.05, 0) is 19.9 Å². The molecule has 1 fully saturated rings. The Hall–Kier alpha value is -2.38. The largest absolute Gasteiger partial charge is 0.369 e. The number of amides is 2. The Kier molecular flexibility index (Phi) is 3.47. The molecule has 1 saturated heterocycles.